The Kier molecular flexibility index (Phi) is 5.08. The molecule has 4 amide bonds. The van der Waals surface area contributed by atoms with Crippen LogP contribution in [0.1, 0.15) is 31.4 Å². The summed E-state index contributed by atoms with van der Waals surface area (Å²) in [6.45, 7) is 0.657. The third kappa shape index (κ3) is 3.90. The molecule has 7 heteroatoms. The molecule has 2 fully saturated rings. The van der Waals surface area contributed by atoms with E-state index in [0.717, 1.165) is 44.3 Å². The standard InChI is InChI=1S/C17H22N4O3/c22-15-11-20(17(24)19-15)12-16(23)21-10-4-2-6-14(21)8-7-13-5-1-3-9-18-13/h1,3,5,9,14H,2,4,6-8,10-12H2,(H,19,22,24). The molecule has 1 aromatic heterocycles. The van der Waals surface area contributed by atoms with Crippen LogP contribution in [-0.4, -0.2) is 58.3 Å². The molecule has 128 valence electrons. The molecule has 7 nitrogen and oxygen atoms in total. The van der Waals surface area contributed by atoms with Crippen molar-refractivity contribution in [1.82, 2.24) is 20.1 Å². The highest BCUT2D eigenvalue weighted by Crippen LogP contribution is 2.21. The minimum atomic E-state index is -0.476. The van der Waals surface area contributed by atoms with E-state index >= 15 is 0 Å². The average molecular weight is 330 g/mol. The lowest BCUT2D eigenvalue weighted by Gasteiger charge is -2.36. The topological polar surface area (TPSA) is 82.6 Å². The van der Waals surface area contributed by atoms with E-state index in [4.69, 9.17) is 0 Å². The molecule has 0 bridgehead atoms. The van der Waals surface area contributed by atoms with Crippen LogP contribution >= 0.6 is 0 Å². The highest BCUT2D eigenvalue weighted by molar-refractivity contribution is 6.03. The van der Waals surface area contributed by atoms with Gasteiger partial charge in [-0.1, -0.05) is 6.07 Å². The van der Waals surface area contributed by atoms with Crippen molar-refractivity contribution in [1.29, 1.82) is 0 Å². The molecule has 0 aromatic carbocycles. The number of pyridine rings is 1. The maximum absolute atomic E-state index is 12.6. The van der Waals surface area contributed by atoms with Gasteiger partial charge in [0.05, 0.1) is 0 Å². The zero-order valence-corrected chi connectivity index (χ0v) is 13.6. The molecule has 0 aliphatic carbocycles. The van der Waals surface area contributed by atoms with Gasteiger partial charge in [0.25, 0.3) is 0 Å². The summed E-state index contributed by atoms with van der Waals surface area (Å²) in [6.07, 6.45) is 6.55. The van der Waals surface area contributed by atoms with Gasteiger partial charge in [0.2, 0.25) is 11.8 Å². The normalized spacial score (nSPS) is 21.1. The van der Waals surface area contributed by atoms with E-state index in [9.17, 15) is 14.4 Å². The largest absolute Gasteiger partial charge is 0.338 e. The minimum Gasteiger partial charge on any atom is -0.338 e. The third-order valence-corrected chi connectivity index (χ3v) is 4.60. The molecule has 0 radical (unpaired) electrons. The van der Waals surface area contributed by atoms with Crippen LogP contribution in [0.4, 0.5) is 4.79 Å². The van der Waals surface area contributed by atoms with Gasteiger partial charge < -0.3 is 9.80 Å². The molecule has 3 heterocycles. The Balaban J connectivity index is 1.58. The SMILES string of the molecule is O=C1CN(CC(=O)N2CCCCC2CCc2ccccn2)C(=O)N1. The van der Waals surface area contributed by atoms with E-state index in [1.165, 1.54) is 4.90 Å². The number of carbonyl (C=O) groups is 3. The van der Waals surface area contributed by atoms with Crippen molar-refractivity contribution < 1.29 is 14.4 Å². The first-order chi connectivity index (χ1) is 11.6. The summed E-state index contributed by atoms with van der Waals surface area (Å²) in [5.74, 6) is -0.427. The van der Waals surface area contributed by atoms with Gasteiger partial charge in [-0.15, -0.1) is 0 Å². The van der Waals surface area contributed by atoms with Gasteiger partial charge in [-0.2, -0.15) is 0 Å². The maximum atomic E-state index is 12.6. The highest BCUT2D eigenvalue weighted by atomic mass is 16.2. The number of amides is 4. The summed E-state index contributed by atoms with van der Waals surface area (Å²) in [5, 5.41) is 2.20. The van der Waals surface area contributed by atoms with Crippen molar-refractivity contribution >= 4 is 17.8 Å². The molecule has 24 heavy (non-hydrogen) atoms. The van der Waals surface area contributed by atoms with Gasteiger partial charge in [-0.05, 0) is 44.2 Å². The van der Waals surface area contributed by atoms with Gasteiger partial charge in [-0.25, -0.2) is 4.79 Å². The first-order valence-corrected chi connectivity index (χ1v) is 8.41. The number of nitrogens with one attached hydrogen (secondary N) is 1. The monoisotopic (exact) mass is 330 g/mol. The highest BCUT2D eigenvalue weighted by Gasteiger charge is 2.32. The molecule has 1 N–H and O–H groups in total. The smallest absolute Gasteiger partial charge is 0.325 e. The average Bonchev–Trinajstić information content (AvgIpc) is 2.91. The van der Waals surface area contributed by atoms with Crippen molar-refractivity contribution in [2.45, 2.75) is 38.1 Å². The molecule has 0 saturated carbocycles. The lowest BCUT2D eigenvalue weighted by Crippen LogP contribution is -2.48. The van der Waals surface area contributed by atoms with Crippen molar-refractivity contribution in [3.63, 3.8) is 0 Å². The number of aryl methyl sites for hydroxylation is 1. The molecule has 3 rings (SSSR count). The molecule has 2 aliphatic rings. The van der Waals surface area contributed by atoms with Crippen molar-refractivity contribution in [3.8, 4) is 0 Å². The van der Waals surface area contributed by atoms with Crippen molar-refractivity contribution in [2.24, 2.45) is 0 Å². The molecule has 0 spiro atoms. The lowest BCUT2D eigenvalue weighted by atomic mass is 9.97. The minimum absolute atomic E-state index is 0.0301. The molecular weight excluding hydrogens is 308 g/mol. The summed E-state index contributed by atoms with van der Waals surface area (Å²) < 4.78 is 0. The number of carbonyl (C=O) groups excluding carboxylic acids is 3. The molecule has 2 saturated heterocycles. The van der Waals surface area contributed by atoms with Crippen molar-refractivity contribution in [2.75, 3.05) is 19.6 Å². The fraction of sp³-hybridized carbons (Fsp3) is 0.529. The van der Waals surface area contributed by atoms with E-state index in [2.05, 4.69) is 10.3 Å². The van der Waals surface area contributed by atoms with Crippen LogP contribution in [-0.2, 0) is 16.0 Å². The fourth-order valence-electron chi connectivity index (χ4n) is 3.35. The van der Waals surface area contributed by atoms with E-state index in [1.807, 2.05) is 23.1 Å². The third-order valence-electron chi connectivity index (χ3n) is 4.60. The van der Waals surface area contributed by atoms with E-state index in [-0.39, 0.29) is 30.9 Å². The Labute approximate surface area is 141 Å². The number of aromatic nitrogens is 1. The summed E-state index contributed by atoms with van der Waals surface area (Å²) in [6, 6.07) is 5.55. The van der Waals surface area contributed by atoms with Crippen LogP contribution in [0.3, 0.4) is 0 Å². The molecule has 2 aliphatic heterocycles. The van der Waals surface area contributed by atoms with E-state index < -0.39 is 6.03 Å². The van der Waals surface area contributed by atoms with Gasteiger partial charge in [0.15, 0.2) is 0 Å². The first-order valence-electron chi connectivity index (χ1n) is 8.41. The summed E-state index contributed by atoms with van der Waals surface area (Å²) >= 11 is 0. The van der Waals surface area contributed by atoms with Gasteiger partial charge >= 0.3 is 6.03 Å². The van der Waals surface area contributed by atoms with Crippen LogP contribution in [0.25, 0.3) is 0 Å². The number of imide groups is 1. The molecule has 1 unspecified atom stereocenters. The molecular formula is C17H22N4O3. The Morgan fingerprint density at radius 2 is 2.17 bits per heavy atom. The number of piperidine rings is 1. The number of nitrogens with zero attached hydrogens (tertiary/aromatic N) is 3. The van der Waals surface area contributed by atoms with Crippen LogP contribution < -0.4 is 5.32 Å². The van der Waals surface area contributed by atoms with Crippen LogP contribution in [0.15, 0.2) is 24.4 Å². The lowest BCUT2D eigenvalue weighted by molar-refractivity contribution is -0.135. The zero-order chi connectivity index (χ0) is 16.9. The van der Waals surface area contributed by atoms with E-state index in [1.54, 1.807) is 6.20 Å². The second kappa shape index (κ2) is 7.42. The second-order valence-electron chi connectivity index (χ2n) is 6.31. The van der Waals surface area contributed by atoms with Crippen LogP contribution in [0.5, 0.6) is 0 Å². The van der Waals surface area contributed by atoms with Crippen LogP contribution in [0, 0.1) is 0 Å². The predicted octanol–water partition coefficient (Wildman–Crippen LogP) is 0.947. The fourth-order valence-corrected chi connectivity index (χ4v) is 3.35. The number of urea groups is 1. The zero-order valence-electron chi connectivity index (χ0n) is 13.6. The Hall–Kier alpha value is -2.44. The summed E-state index contributed by atoms with van der Waals surface area (Å²) in [5.41, 5.74) is 1.03. The summed E-state index contributed by atoms with van der Waals surface area (Å²) in [4.78, 5) is 42.9. The Bertz CT molecular complexity index is 620. The Morgan fingerprint density at radius 1 is 1.29 bits per heavy atom. The van der Waals surface area contributed by atoms with Gasteiger partial charge in [0, 0.05) is 24.5 Å². The van der Waals surface area contributed by atoms with Gasteiger partial charge in [0.1, 0.15) is 13.1 Å². The van der Waals surface area contributed by atoms with Crippen LogP contribution in [0.2, 0.25) is 0 Å². The number of hydrogen-bond donors (Lipinski definition) is 1. The predicted molar refractivity (Wildman–Crippen MR) is 87.0 cm³/mol. The molecule has 1 atom stereocenters. The second-order valence-corrected chi connectivity index (χ2v) is 6.31. The first kappa shape index (κ1) is 16.4. The number of rotatable bonds is 5. The van der Waals surface area contributed by atoms with Crippen molar-refractivity contribution in [3.05, 3.63) is 30.1 Å². The quantitative estimate of drug-likeness (QED) is 0.815. The van der Waals surface area contributed by atoms with Gasteiger partial charge in [-0.3, -0.25) is 19.9 Å². The molecule has 1 aromatic rings. The maximum Gasteiger partial charge on any atom is 0.325 e. The number of hydrogen-bond acceptors (Lipinski definition) is 4. The number of likely N-dealkylation sites (tertiary alicyclic amines) is 1. The van der Waals surface area contributed by atoms with E-state index in [0.29, 0.717) is 0 Å². The summed E-state index contributed by atoms with van der Waals surface area (Å²) in [7, 11) is 0. The Morgan fingerprint density at radius 3 is 2.88 bits per heavy atom.